The highest BCUT2D eigenvalue weighted by Crippen LogP contribution is 2.74. The summed E-state index contributed by atoms with van der Waals surface area (Å²) in [5.74, 6) is 0. The van der Waals surface area contributed by atoms with Crippen molar-refractivity contribution in [2.45, 2.75) is 29.2 Å². The first-order chi connectivity index (χ1) is 4.77. The Bertz CT molecular complexity index is 175. The minimum Gasteiger partial charge on any atom is -0.170 e. The molecule has 1 saturated carbocycles. The Morgan fingerprint density at radius 1 is 1.36 bits per heavy atom. The van der Waals surface area contributed by atoms with Gasteiger partial charge in [0, 0.05) is 0 Å². The van der Waals surface area contributed by atoms with E-state index in [4.69, 9.17) is 0 Å². The van der Waals surface area contributed by atoms with E-state index in [0.717, 1.165) is 0 Å². The van der Waals surface area contributed by atoms with Gasteiger partial charge in [0.25, 0.3) is 0 Å². The lowest BCUT2D eigenvalue weighted by molar-refractivity contribution is -0.187. The van der Waals surface area contributed by atoms with Crippen LogP contribution in [-0.4, -0.2) is 9.41 Å². The van der Waals surface area contributed by atoms with Crippen LogP contribution in [0.3, 0.4) is 0 Å². The molecule has 1 rings (SSSR count). The van der Waals surface area contributed by atoms with Crippen molar-refractivity contribution in [3.8, 4) is 0 Å². The Balaban J connectivity index is 2.84. The Hall–Kier alpha value is 0.750. The summed E-state index contributed by atoms with van der Waals surface area (Å²) >= 11 is 6.00. The van der Waals surface area contributed by atoms with Crippen LogP contribution in [0.25, 0.3) is 0 Å². The van der Waals surface area contributed by atoms with Gasteiger partial charge in [0.05, 0.1) is 8.65 Å². The summed E-state index contributed by atoms with van der Waals surface area (Å²) in [6.45, 7) is 1.55. The average Bonchev–Trinajstić information content (AvgIpc) is 2.33. The van der Waals surface area contributed by atoms with Crippen LogP contribution in [0, 0.1) is 5.41 Å². The number of hydrogen-bond acceptors (Lipinski definition) is 0. The van der Waals surface area contributed by atoms with Gasteiger partial charge in [-0.1, -0.05) is 38.8 Å². The summed E-state index contributed by atoms with van der Waals surface area (Å²) < 4.78 is 36.1. The topological polar surface area (TPSA) is 0 Å². The van der Waals surface area contributed by atoms with Gasteiger partial charge in [-0.05, 0) is 12.8 Å². The first-order valence-electron chi connectivity index (χ1n) is 3.21. The van der Waals surface area contributed by atoms with Crippen LogP contribution in [0.2, 0.25) is 0 Å². The fourth-order valence-corrected chi connectivity index (χ4v) is 3.19. The van der Waals surface area contributed by atoms with Gasteiger partial charge in [0.2, 0.25) is 0 Å². The molecule has 0 aromatic rings. The highest BCUT2D eigenvalue weighted by molar-refractivity contribution is 9.25. The standard InChI is InChI=1S/C6H7Br2F3/c1-2-4(6(9,10)11)3-5(4,7)8/h2-3H2,1H3. The third-order valence-corrected chi connectivity index (χ3v) is 4.32. The number of hydrogen-bond donors (Lipinski definition) is 0. The van der Waals surface area contributed by atoms with Crippen molar-refractivity contribution < 1.29 is 13.2 Å². The smallest absolute Gasteiger partial charge is 0.170 e. The normalized spacial score (nSPS) is 35.5. The zero-order chi connectivity index (χ0) is 8.91. The molecule has 0 saturated heterocycles. The van der Waals surface area contributed by atoms with E-state index in [0.29, 0.717) is 0 Å². The maximum atomic E-state index is 12.3. The summed E-state index contributed by atoms with van der Waals surface area (Å²) in [5.41, 5.74) is -1.54. The quantitative estimate of drug-likeness (QED) is 0.645. The molecule has 11 heavy (non-hydrogen) atoms. The van der Waals surface area contributed by atoms with Crippen molar-refractivity contribution in [2.75, 3.05) is 0 Å². The molecule has 0 nitrogen and oxygen atoms in total. The van der Waals surface area contributed by atoms with E-state index in [1.807, 2.05) is 0 Å². The molecule has 0 aromatic carbocycles. The van der Waals surface area contributed by atoms with Crippen LogP contribution in [0.15, 0.2) is 0 Å². The molecule has 1 fully saturated rings. The summed E-state index contributed by atoms with van der Waals surface area (Å²) in [6.07, 6.45) is -3.86. The van der Waals surface area contributed by atoms with E-state index in [9.17, 15) is 13.2 Å². The molecule has 0 bridgehead atoms. The number of halogens is 5. The fourth-order valence-electron chi connectivity index (χ4n) is 1.23. The molecule has 66 valence electrons. The lowest BCUT2D eigenvalue weighted by atomic mass is 10.0. The maximum Gasteiger partial charge on any atom is 0.396 e. The highest BCUT2D eigenvalue weighted by Gasteiger charge is 2.77. The summed E-state index contributed by atoms with van der Waals surface area (Å²) in [7, 11) is 0. The van der Waals surface area contributed by atoms with Crippen LogP contribution < -0.4 is 0 Å². The van der Waals surface area contributed by atoms with Gasteiger partial charge >= 0.3 is 6.18 Å². The van der Waals surface area contributed by atoms with E-state index < -0.39 is 14.8 Å². The van der Waals surface area contributed by atoms with Gasteiger partial charge in [-0.3, -0.25) is 0 Å². The second kappa shape index (κ2) is 2.37. The molecular weight excluding hydrogens is 289 g/mol. The van der Waals surface area contributed by atoms with Crippen molar-refractivity contribution >= 4 is 31.9 Å². The molecule has 1 aliphatic carbocycles. The molecule has 1 aliphatic rings. The van der Waals surface area contributed by atoms with E-state index in [1.54, 1.807) is 6.92 Å². The van der Waals surface area contributed by atoms with Crippen molar-refractivity contribution in [1.29, 1.82) is 0 Å². The third-order valence-electron chi connectivity index (χ3n) is 2.25. The molecule has 0 aromatic heterocycles. The first-order valence-corrected chi connectivity index (χ1v) is 4.80. The van der Waals surface area contributed by atoms with Gasteiger partial charge in [0.15, 0.2) is 0 Å². The highest BCUT2D eigenvalue weighted by atomic mass is 79.9. The predicted octanol–water partition coefficient (Wildman–Crippen LogP) is 3.83. The van der Waals surface area contributed by atoms with Crippen LogP contribution in [-0.2, 0) is 0 Å². The number of rotatable bonds is 1. The zero-order valence-corrected chi connectivity index (χ0v) is 8.98. The van der Waals surface area contributed by atoms with Gasteiger partial charge < -0.3 is 0 Å². The average molecular weight is 296 g/mol. The largest absolute Gasteiger partial charge is 0.396 e. The van der Waals surface area contributed by atoms with Crippen molar-refractivity contribution in [1.82, 2.24) is 0 Å². The van der Waals surface area contributed by atoms with Crippen LogP contribution in [0.4, 0.5) is 13.2 Å². The van der Waals surface area contributed by atoms with Crippen LogP contribution in [0.1, 0.15) is 19.8 Å². The number of alkyl halides is 5. The molecule has 0 N–H and O–H groups in total. The zero-order valence-electron chi connectivity index (χ0n) is 5.80. The van der Waals surface area contributed by atoms with E-state index >= 15 is 0 Å². The third kappa shape index (κ3) is 1.24. The molecule has 5 heteroatoms. The summed E-state index contributed by atoms with van der Waals surface area (Å²) in [4.78, 5) is 0. The van der Waals surface area contributed by atoms with E-state index in [-0.39, 0.29) is 12.8 Å². The summed E-state index contributed by atoms with van der Waals surface area (Å²) in [6, 6.07) is 0. The van der Waals surface area contributed by atoms with Gasteiger partial charge in [-0.2, -0.15) is 13.2 Å². The fraction of sp³-hybridized carbons (Fsp3) is 1.00. The second-order valence-electron chi connectivity index (χ2n) is 2.81. The Morgan fingerprint density at radius 2 is 1.73 bits per heavy atom. The summed E-state index contributed by atoms with van der Waals surface area (Å²) in [5, 5.41) is 0. The molecule has 0 radical (unpaired) electrons. The molecule has 0 heterocycles. The molecule has 0 aliphatic heterocycles. The van der Waals surface area contributed by atoms with Gasteiger partial charge in [0.1, 0.15) is 0 Å². The van der Waals surface area contributed by atoms with Gasteiger partial charge in [-0.15, -0.1) is 0 Å². The Morgan fingerprint density at radius 3 is 1.73 bits per heavy atom. The lowest BCUT2D eigenvalue weighted by Gasteiger charge is -2.19. The van der Waals surface area contributed by atoms with Crippen molar-refractivity contribution in [3.05, 3.63) is 0 Å². The lowest BCUT2D eigenvalue weighted by Crippen LogP contribution is -2.28. The predicted molar refractivity (Wildman–Crippen MR) is 44.0 cm³/mol. The first kappa shape index (κ1) is 9.84. The van der Waals surface area contributed by atoms with Crippen LogP contribution >= 0.6 is 31.9 Å². The minimum absolute atomic E-state index is 0.118. The molecule has 0 spiro atoms. The SMILES string of the molecule is CCC1(C(F)(F)F)CC1(Br)Br. The molecule has 1 atom stereocenters. The van der Waals surface area contributed by atoms with Crippen molar-refractivity contribution in [2.24, 2.45) is 5.41 Å². The second-order valence-corrected chi connectivity index (χ2v) is 6.59. The maximum absolute atomic E-state index is 12.3. The van der Waals surface area contributed by atoms with Gasteiger partial charge in [-0.25, -0.2) is 0 Å². The Labute approximate surface area is 79.8 Å². The molecular formula is C6H7Br2F3. The van der Waals surface area contributed by atoms with Crippen molar-refractivity contribution in [3.63, 3.8) is 0 Å². The minimum atomic E-state index is -4.10. The molecule has 1 unspecified atom stereocenters. The monoisotopic (exact) mass is 294 g/mol. The Kier molecular flexibility index (Phi) is 2.12. The molecule has 0 amide bonds. The van der Waals surface area contributed by atoms with Crippen LogP contribution in [0.5, 0.6) is 0 Å². The van der Waals surface area contributed by atoms with E-state index in [1.165, 1.54) is 0 Å². The van der Waals surface area contributed by atoms with E-state index in [2.05, 4.69) is 31.9 Å².